The average molecular weight is 431 g/mol. The van der Waals surface area contributed by atoms with Gasteiger partial charge in [-0.3, -0.25) is 0 Å². The maximum atomic E-state index is 9.15. The third kappa shape index (κ3) is 3.56. The van der Waals surface area contributed by atoms with E-state index in [0.29, 0.717) is 11.3 Å². The molecule has 168 valence electrons. The van der Waals surface area contributed by atoms with Crippen LogP contribution in [-0.2, 0) is 5.41 Å². The van der Waals surface area contributed by atoms with Crippen molar-refractivity contribution >= 4 is 11.4 Å². The van der Waals surface area contributed by atoms with Crippen LogP contribution in [0, 0.1) is 0 Å². The van der Waals surface area contributed by atoms with E-state index in [1.165, 1.54) is 23.6 Å². The highest BCUT2D eigenvalue weighted by Gasteiger charge is 2.38. The number of hydrogen-bond acceptors (Lipinski definition) is 1. The van der Waals surface area contributed by atoms with Gasteiger partial charge in [-0.25, -0.2) is 0 Å². The number of benzene rings is 3. The number of anilines is 2. The third-order valence-corrected chi connectivity index (χ3v) is 6.70. The van der Waals surface area contributed by atoms with Gasteiger partial charge in [-0.1, -0.05) is 90.0 Å². The summed E-state index contributed by atoms with van der Waals surface area (Å²) in [6, 6.07) is 20.2. The van der Waals surface area contributed by atoms with Crippen LogP contribution in [0.3, 0.4) is 0 Å². The monoisotopic (exact) mass is 430 g/mol. The molecule has 0 radical (unpaired) electrons. The van der Waals surface area contributed by atoms with E-state index in [-0.39, 0.29) is 5.41 Å². The Morgan fingerprint density at radius 2 is 1.44 bits per heavy atom. The predicted molar refractivity (Wildman–Crippen MR) is 141 cm³/mol. The minimum Gasteiger partial charge on any atom is -0.336 e. The maximum absolute atomic E-state index is 9.15. The van der Waals surface area contributed by atoms with Crippen LogP contribution in [0.15, 0.2) is 60.7 Å². The molecule has 3 aromatic carbocycles. The van der Waals surface area contributed by atoms with Gasteiger partial charge in [-0.15, -0.1) is 0 Å². The van der Waals surface area contributed by atoms with Crippen molar-refractivity contribution in [1.29, 1.82) is 0 Å². The van der Waals surface area contributed by atoms with Crippen molar-refractivity contribution in [2.75, 3.05) is 4.90 Å². The summed E-state index contributed by atoms with van der Waals surface area (Å²) in [4.78, 5) is 2.14. The van der Waals surface area contributed by atoms with Crippen molar-refractivity contribution in [3.63, 3.8) is 0 Å². The van der Waals surface area contributed by atoms with Crippen LogP contribution in [0.25, 0.3) is 11.1 Å². The van der Waals surface area contributed by atoms with Gasteiger partial charge in [-0.05, 0) is 78.1 Å². The van der Waals surface area contributed by atoms with Gasteiger partial charge in [0.1, 0.15) is 0 Å². The Labute approximate surface area is 202 Å². The summed E-state index contributed by atoms with van der Waals surface area (Å²) in [5.74, 6) is -2.73. The Bertz CT molecular complexity index is 1340. The zero-order valence-electron chi connectivity index (χ0n) is 25.7. The molecule has 0 fully saturated rings. The molecule has 1 heteroatoms. The highest BCUT2D eigenvalue weighted by Crippen LogP contribution is 2.52. The van der Waals surface area contributed by atoms with Gasteiger partial charge in [0.15, 0.2) is 0 Å². The van der Waals surface area contributed by atoms with E-state index in [4.69, 9.17) is 6.85 Å². The lowest BCUT2D eigenvalue weighted by molar-refractivity contribution is 0.554. The minimum atomic E-state index is -2.51. The molecule has 1 aliphatic rings. The molecule has 1 nitrogen and oxygen atoms in total. The summed E-state index contributed by atoms with van der Waals surface area (Å²) in [5.41, 5.74) is 6.98. The Hall–Kier alpha value is -2.54. The first-order valence-electron chi connectivity index (χ1n) is 14.0. The van der Waals surface area contributed by atoms with Crippen LogP contribution in [0.5, 0.6) is 0 Å². The van der Waals surface area contributed by atoms with E-state index < -0.39 is 24.2 Å². The lowest BCUT2D eigenvalue weighted by atomic mass is 9.80. The molecule has 0 heterocycles. The van der Waals surface area contributed by atoms with Gasteiger partial charge in [0.2, 0.25) is 0 Å². The highest BCUT2D eigenvalue weighted by atomic mass is 15.2. The number of fused-ring (bicyclic) bond motifs is 3. The molecule has 0 amide bonds. The summed E-state index contributed by atoms with van der Waals surface area (Å²) >= 11 is 0. The largest absolute Gasteiger partial charge is 0.336 e. The van der Waals surface area contributed by atoms with Crippen molar-refractivity contribution in [3.05, 3.63) is 82.9 Å². The van der Waals surface area contributed by atoms with E-state index in [0.717, 1.165) is 16.8 Å². The lowest BCUT2D eigenvalue weighted by Gasteiger charge is -2.41. The fraction of sp³-hybridized carbons (Fsp3) is 0.419. The van der Waals surface area contributed by atoms with Gasteiger partial charge in [-0.2, -0.15) is 0 Å². The van der Waals surface area contributed by atoms with Crippen molar-refractivity contribution in [3.8, 4) is 11.1 Å². The average Bonchev–Trinajstić information content (AvgIpc) is 2.98. The number of rotatable bonds is 4. The molecule has 3 aromatic rings. The molecule has 0 saturated carbocycles. The summed E-state index contributed by atoms with van der Waals surface area (Å²) in [5, 5.41) is 0. The van der Waals surface area contributed by atoms with Crippen molar-refractivity contribution < 1.29 is 6.85 Å². The Balaban J connectivity index is 2.10. The first kappa shape index (κ1) is 17.0. The smallest absolute Gasteiger partial charge is 0.0457 e. The van der Waals surface area contributed by atoms with Gasteiger partial charge < -0.3 is 4.90 Å². The van der Waals surface area contributed by atoms with Crippen LogP contribution in [0.4, 0.5) is 11.4 Å². The van der Waals surface area contributed by atoms with E-state index in [1.807, 2.05) is 26.0 Å². The van der Waals surface area contributed by atoms with Crippen molar-refractivity contribution in [2.24, 2.45) is 0 Å². The zero-order chi connectivity index (χ0) is 27.8. The van der Waals surface area contributed by atoms with Crippen LogP contribution < -0.4 is 4.90 Å². The van der Waals surface area contributed by atoms with E-state index >= 15 is 0 Å². The van der Waals surface area contributed by atoms with Crippen LogP contribution in [0.2, 0.25) is 0 Å². The fourth-order valence-corrected chi connectivity index (χ4v) is 5.16. The van der Waals surface area contributed by atoms with Crippen LogP contribution in [-0.4, -0.2) is 5.54 Å². The first-order chi connectivity index (χ1) is 16.8. The highest BCUT2D eigenvalue weighted by molar-refractivity contribution is 5.86. The van der Waals surface area contributed by atoms with E-state index in [2.05, 4.69) is 75.9 Å². The molecule has 1 atom stereocenters. The Kier molecular flexibility index (Phi) is 4.14. The molecule has 0 spiro atoms. The van der Waals surface area contributed by atoms with Crippen LogP contribution >= 0.6 is 0 Å². The van der Waals surface area contributed by atoms with Gasteiger partial charge in [0, 0.05) is 29.2 Å². The summed E-state index contributed by atoms with van der Waals surface area (Å²) < 4.78 is 42.5. The second kappa shape index (κ2) is 7.80. The maximum Gasteiger partial charge on any atom is 0.0457 e. The molecular formula is C31H39N. The second-order valence-electron chi connectivity index (χ2n) is 10.7. The normalized spacial score (nSPS) is 19.4. The topological polar surface area (TPSA) is 3.24 Å². The molecule has 32 heavy (non-hydrogen) atoms. The quantitative estimate of drug-likeness (QED) is 0.399. The third-order valence-electron chi connectivity index (χ3n) is 6.70. The summed E-state index contributed by atoms with van der Waals surface area (Å²) in [6.45, 7) is 13.5. The molecular weight excluding hydrogens is 386 g/mol. The van der Waals surface area contributed by atoms with Gasteiger partial charge >= 0.3 is 0 Å². The number of para-hydroxylation sites is 1. The Morgan fingerprint density at radius 1 is 0.781 bits per heavy atom. The molecule has 4 rings (SSSR count). The fourth-order valence-electron chi connectivity index (χ4n) is 5.16. The van der Waals surface area contributed by atoms with Crippen molar-refractivity contribution in [2.45, 2.75) is 85.0 Å². The summed E-state index contributed by atoms with van der Waals surface area (Å²) in [7, 11) is 0. The van der Waals surface area contributed by atoms with E-state index in [1.54, 1.807) is 12.1 Å². The number of nitrogens with zero attached hydrogens (tertiary/aromatic N) is 1. The number of hydrogen-bond donors (Lipinski definition) is 0. The molecule has 1 unspecified atom stereocenters. The van der Waals surface area contributed by atoms with Crippen molar-refractivity contribution in [1.82, 2.24) is 0 Å². The standard InChI is InChI=1S/C31H39N/c1-20(2)22-14-11-13-17-28(22)32(30(5,6)7)29-19-25-23-15-10-12-16-26(23)31(8,9)27(25)18-24(29)21(3)4/h10-21H,1-9H3/i1D3,20D,21D. The zero-order valence-corrected chi connectivity index (χ0v) is 20.7. The van der Waals surface area contributed by atoms with Gasteiger partial charge in [0.05, 0.1) is 0 Å². The molecule has 0 bridgehead atoms. The first-order valence-corrected chi connectivity index (χ1v) is 11.5. The van der Waals surface area contributed by atoms with Crippen LogP contribution in [0.1, 0.15) is 103 Å². The Morgan fingerprint density at radius 3 is 2.09 bits per heavy atom. The second-order valence-corrected chi connectivity index (χ2v) is 10.7. The molecule has 0 aromatic heterocycles. The molecule has 0 N–H and O–H groups in total. The minimum absolute atomic E-state index is 0.198. The molecule has 0 saturated heterocycles. The molecule has 0 aliphatic heterocycles. The lowest BCUT2D eigenvalue weighted by Crippen LogP contribution is -2.39. The summed E-state index contributed by atoms with van der Waals surface area (Å²) in [6.07, 6.45) is 0. The SMILES string of the molecule is [2H]C(C)(C)c1cc2c(cc1N(c1ccccc1C([2H])(C)C([2H])([2H])[2H])C(C)(C)C)-c1ccccc1C2(C)C. The predicted octanol–water partition coefficient (Wildman–Crippen LogP) is 9.18. The van der Waals surface area contributed by atoms with Gasteiger partial charge in [0.25, 0.3) is 0 Å². The van der Waals surface area contributed by atoms with E-state index in [9.17, 15) is 0 Å². The molecule has 1 aliphatic carbocycles.